The van der Waals surface area contributed by atoms with Gasteiger partial charge in [-0.15, -0.1) is 0 Å². The van der Waals surface area contributed by atoms with Gasteiger partial charge < -0.3 is 9.84 Å². The summed E-state index contributed by atoms with van der Waals surface area (Å²) in [5.41, 5.74) is 0.210. The Labute approximate surface area is 106 Å². The van der Waals surface area contributed by atoms with E-state index in [1.165, 1.54) is 32.1 Å². The predicted octanol–water partition coefficient (Wildman–Crippen LogP) is 3.52. The molecule has 2 rings (SSSR count). The lowest BCUT2D eigenvalue weighted by molar-refractivity contribution is -0.102. The van der Waals surface area contributed by atoms with Gasteiger partial charge in [0.25, 0.3) is 0 Å². The number of ether oxygens (including phenoxy) is 1. The molecule has 1 heterocycles. The Morgan fingerprint density at radius 2 is 1.94 bits per heavy atom. The number of aliphatic hydroxyl groups is 1. The molecule has 2 heteroatoms. The molecular weight excluding hydrogens is 212 g/mol. The summed E-state index contributed by atoms with van der Waals surface area (Å²) in [7, 11) is 0. The molecule has 1 saturated carbocycles. The Bertz CT molecular complexity index is 248. The Kier molecular flexibility index (Phi) is 3.84. The van der Waals surface area contributed by atoms with Gasteiger partial charge in [0.2, 0.25) is 0 Å². The van der Waals surface area contributed by atoms with Crippen LogP contribution in [0.25, 0.3) is 0 Å². The fourth-order valence-electron chi connectivity index (χ4n) is 3.37. The van der Waals surface area contributed by atoms with Crippen molar-refractivity contribution in [2.45, 2.75) is 77.4 Å². The van der Waals surface area contributed by atoms with Gasteiger partial charge in [-0.1, -0.05) is 33.6 Å². The van der Waals surface area contributed by atoms with Gasteiger partial charge in [-0.2, -0.15) is 0 Å². The third-order valence-electron chi connectivity index (χ3n) is 4.67. The highest BCUT2D eigenvalue weighted by Crippen LogP contribution is 2.43. The fourth-order valence-corrected chi connectivity index (χ4v) is 3.37. The molecule has 2 atom stereocenters. The summed E-state index contributed by atoms with van der Waals surface area (Å²) in [4.78, 5) is 0. The molecule has 1 saturated heterocycles. The minimum Gasteiger partial charge on any atom is -0.393 e. The molecule has 0 amide bonds. The summed E-state index contributed by atoms with van der Waals surface area (Å²) < 4.78 is 6.04. The van der Waals surface area contributed by atoms with Gasteiger partial charge in [-0.3, -0.25) is 0 Å². The monoisotopic (exact) mass is 240 g/mol. The predicted molar refractivity (Wildman–Crippen MR) is 70.0 cm³/mol. The third-order valence-corrected chi connectivity index (χ3v) is 4.67. The van der Waals surface area contributed by atoms with Crippen LogP contribution in [0, 0.1) is 11.3 Å². The molecule has 0 radical (unpaired) electrons. The van der Waals surface area contributed by atoms with Crippen LogP contribution in [0.1, 0.15) is 65.7 Å². The first kappa shape index (κ1) is 13.4. The zero-order valence-corrected chi connectivity index (χ0v) is 11.7. The topological polar surface area (TPSA) is 29.5 Å². The van der Waals surface area contributed by atoms with E-state index in [2.05, 4.69) is 20.8 Å². The third kappa shape index (κ3) is 3.23. The maximum absolute atomic E-state index is 10.2. The average Bonchev–Trinajstić information content (AvgIpc) is 2.65. The van der Waals surface area contributed by atoms with E-state index in [1.54, 1.807) is 0 Å². The van der Waals surface area contributed by atoms with Gasteiger partial charge in [-0.05, 0) is 43.4 Å². The van der Waals surface area contributed by atoms with E-state index in [1.807, 2.05) is 0 Å². The van der Waals surface area contributed by atoms with E-state index in [-0.39, 0.29) is 17.1 Å². The maximum Gasteiger partial charge on any atom is 0.0685 e. The number of rotatable bonds is 2. The van der Waals surface area contributed by atoms with Gasteiger partial charge in [0.15, 0.2) is 0 Å². The van der Waals surface area contributed by atoms with Crippen molar-refractivity contribution in [1.29, 1.82) is 0 Å². The van der Waals surface area contributed by atoms with E-state index >= 15 is 0 Å². The minimum absolute atomic E-state index is 0.0150. The lowest BCUT2D eigenvalue weighted by atomic mass is 9.77. The van der Waals surface area contributed by atoms with Crippen LogP contribution in [-0.2, 0) is 4.74 Å². The number of aliphatic hydroxyl groups excluding tert-OH is 1. The van der Waals surface area contributed by atoms with Crippen molar-refractivity contribution in [3.05, 3.63) is 0 Å². The van der Waals surface area contributed by atoms with Crippen LogP contribution in [-0.4, -0.2) is 23.4 Å². The van der Waals surface area contributed by atoms with Crippen molar-refractivity contribution in [3.8, 4) is 0 Å². The van der Waals surface area contributed by atoms with Crippen LogP contribution in [0.5, 0.6) is 0 Å². The molecule has 2 nitrogen and oxygen atoms in total. The second-order valence-corrected chi connectivity index (χ2v) is 7.21. The molecule has 1 aliphatic heterocycles. The van der Waals surface area contributed by atoms with Crippen molar-refractivity contribution in [1.82, 2.24) is 0 Å². The standard InChI is InChI=1S/C15H28O2/c1-14(2,3)13(16)10-12-6-9-17-15(11-12)7-4-5-8-15/h12-13,16H,4-11H2,1-3H3. The van der Waals surface area contributed by atoms with Gasteiger partial charge in [0.05, 0.1) is 11.7 Å². The van der Waals surface area contributed by atoms with E-state index < -0.39 is 0 Å². The molecule has 2 fully saturated rings. The molecule has 0 aromatic heterocycles. The van der Waals surface area contributed by atoms with Crippen molar-refractivity contribution in [3.63, 3.8) is 0 Å². The first-order valence-corrected chi connectivity index (χ1v) is 7.23. The molecule has 0 aromatic rings. The Morgan fingerprint density at radius 1 is 1.29 bits per heavy atom. The molecule has 1 aliphatic carbocycles. The van der Waals surface area contributed by atoms with Crippen LogP contribution in [0.15, 0.2) is 0 Å². The molecule has 0 aromatic carbocycles. The Morgan fingerprint density at radius 3 is 2.53 bits per heavy atom. The molecule has 0 bridgehead atoms. The molecule has 2 aliphatic rings. The van der Waals surface area contributed by atoms with Gasteiger partial charge >= 0.3 is 0 Å². The minimum atomic E-state index is -0.177. The first-order chi connectivity index (χ1) is 7.91. The summed E-state index contributed by atoms with van der Waals surface area (Å²) in [6, 6.07) is 0. The smallest absolute Gasteiger partial charge is 0.0685 e. The molecular formula is C15H28O2. The van der Waals surface area contributed by atoms with E-state index in [0.717, 1.165) is 19.4 Å². The largest absolute Gasteiger partial charge is 0.393 e. The van der Waals surface area contributed by atoms with Crippen LogP contribution >= 0.6 is 0 Å². The van der Waals surface area contributed by atoms with Crippen molar-refractivity contribution < 1.29 is 9.84 Å². The summed E-state index contributed by atoms with van der Waals surface area (Å²) in [5.74, 6) is 0.663. The highest BCUT2D eigenvalue weighted by atomic mass is 16.5. The quantitative estimate of drug-likeness (QED) is 0.800. The van der Waals surface area contributed by atoms with Crippen molar-refractivity contribution >= 4 is 0 Å². The van der Waals surface area contributed by atoms with Gasteiger partial charge in [0, 0.05) is 6.61 Å². The van der Waals surface area contributed by atoms with E-state index in [4.69, 9.17) is 4.74 Å². The van der Waals surface area contributed by atoms with Crippen LogP contribution in [0.4, 0.5) is 0 Å². The lowest BCUT2D eigenvalue weighted by Gasteiger charge is -2.40. The summed E-state index contributed by atoms with van der Waals surface area (Å²) in [5, 5.41) is 10.2. The van der Waals surface area contributed by atoms with Gasteiger partial charge in [-0.25, -0.2) is 0 Å². The lowest BCUT2D eigenvalue weighted by Crippen LogP contribution is -2.39. The summed E-state index contributed by atoms with van der Waals surface area (Å²) in [6.07, 6.45) is 8.24. The molecule has 1 spiro atoms. The second-order valence-electron chi connectivity index (χ2n) is 7.21. The SMILES string of the molecule is CC(C)(C)C(O)CC1CCOC2(CCCC2)C1. The molecule has 17 heavy (non-hydrogen) atoms. The average molecular weight is 240 g/mol. The highest BCUT2D eigenvalue weighted by Gasteiger charge is 2.40. The molecule has 2 unspecified atom stereocenters. The van der Waals surface area contributed by atoms with Gasteiger partial charge in [0.1, 0.15) is 0 Å². The summed E-state index contributed by atoms with van der Waals surface area (Å²) >= 11 is 0. The first-order valence-electron chi connectivity index (χ1n) is 7.23. The number of hydrogen-bond donors (Lipinski definition) is 1. The normalized spacial score (nSPS) is 30.7. The molecule has 1 N–H and O–H groups in total. The maximum atomic E-state index is 10.2. The highest BCUT2D eigenvalue weighted by molar-refractivity contribution is 4.92. The van der Waals surface area contributed by atoms with Crippen molar-refractivity contribution in [2.75, 3.05) is 6.61 Å². The second kappa shape index (κ2) is 4.89. The zero-order valence-electron chi connectivity index (χ0n) is 11.7. The summed E-state index contributed by atoms with van der Waals surface area (Å²) in [6.45, 7) is 7.29. The number of hydrogen-bond acceptors (Lipinski definition) is 2. The van der Waals surface area contributed by atoms with Crippen molar-refractivity contribution in [2.24, 2.45) is 11.3 Å². The van der Waals surface area contributed by atoms with E-state index in [0.29, 0.717) is 5.92 Å². The van der Waals surface area contributed by atoms with Crippen LogP contribution in [0.3, 0.4) is 0 Å². The zero-order chi connectivity index (χ0) is 12.5. The fraction of sp³-hybridized carbons (Fsp3) is 1.00. The van der Waals surface area contributed by atoms with E-state index in [9.17, 15) is 5.11 Å². The molecule has 100 valence electrons. The van der Waals surface area contributed by atoms with Crippen LogP contribution in [0.2, 0.25) is 0 Å². The Hall–Kier alpha value is -0.0800. The van der Waals surface area contributed by atoms with Crippen LogP contribution < -0.4 is 0 Å². The Balaban J connectivity index is 1.89.